The van der Waals surface area contributed by atoms with E-state index in [9.17, 15) is 0 Å². The normalized spacial score (nSPS) is 16.4. The van der Waals surface area contributed by atoms with Crippen molar-refractivity contribution in [2.75, 3.05) is 0 Å². The Labute approximate surface area is 162 Å². The van der Waals surface area contributed by atoms with Crippen LogP contribution >= 0.6 is 23.1 Å². The molecule has 0 spiro atoms. The van der Waals surface area contributed by atoms with E-state index in [4.69, 9.17) is 14.7 Å². The minimum Gasteiger partial charge on any atom is -0.370 e. The topological polar surface area (TPSA) is 52.8 Å². The van der Waals surface area contributed by atoms with Gasteiger partial charge in [0.15, 0.2) is 0 Å². The Hall–Kier alpha value is -1.44. The molecular weight excluding hydrogens is 364 g/mol. The molecule has 4 heterocycles. The first-order valence-corrected chi connectivity index (χ1v) is 10.6. The Morgan fingerprint density at radius 1 is 1.27 bits per heavy atom. The fraction of sp³-hybridized carbons (Fsp3) is 0.526. The summed E-state index contributed by atoms with van der Waals surface area (Å²) in [7, 11) is 0. The van der Waals surface area contributed by atoms with Crippen LogP contribution in [-0.2, 0) is 17.8 Å². The molecule has 0 aliphatic carbocycles. The number of rotatable bonds is 3. The lowest BCUT2D eigenvalue weighted by molar-refractivity contribution is -0.0379. The quantitative estimate of drug-likeness (QED) is 0.474. The average Bonchev–Trinajstić information content (AvgIpc) is 3.04. The molecule has 5 nitrogen and oxygen atoms in total. The smallest absolute Gasteiger partial charge is 0.253 e. The van der Waals surface area contributed by atoms with Crippen LogP contribution in [0.2, 0.25) is 0 Å². The number of thioether (sulfide) groups is 1. The minimum atomic E-state index is -0.144. The first kappa shape index (κ1) is 17.9. The number of fused-ring (bicyclic) bond motifs is 3. The molecule has 3 aromatic rings. The molecule has 3 aromatic heterocycles. The number of hydrogen-bond donors (Lipinski definition) is 0. The number of ether oxygens (including phenoxy) is 1. The van der Waals surface area contributed by atoms with Gasteiger partial charge in [-0.1, -0.05) is 13.8 Å². The Balaban J connectivity index is 1.94. The van der Waals surface area contributed by atoms with Gasteiger partial charge in [-0.05, 0) is 39.3 Å². The highest BCUT2D eigenvalue weighted by Gasteiger charge is 2.31. The van der Waals surface area contributed by atoms with Crippen molar-refractivity contribution < 1.29 is 4.74 Å². The molecule has 0 bridgehead atoms. The zero-order chi connectivity index (χ0) is 18.6. The zero-order valence-corrected chi connectivity index (χ0v) is 17.7. The zero-order valence-electron chi connectivity index (χ0n) is 16.1. The van der Waals surface area contributed by atoms with Gasteiger partial charge in [0.2, 0.25) is 0 Å². The van der Waals surface area contributed by atoms with Gasteiger partial charge < -0.3 is 4.74 Å². The molecule has 0 aromatic carbocycles. The van der Waals surface area contributed by atoms with Crippen LogP contribution in [-0.4, -0.2) is 30.6 Å². The molecule has 7 heteroatoms. The van der Waals surface area contributed by atoms with Crippen LogP contribution in [0.1, 0.15) is 49.5 Å². The molecule has 0 saturated heterocycles. The minimum absolute atomic E-state index is 0.144. The average molecular weight is 389 g/mol. The summed E-state index contributed by atoms with van der Waals surface area (Å²) in [5.41, 5.74) is 3.25. The summed E-state index contributed by atoms with van der Waals surface area (Å²) in [6.07, 6.45) is 0.899. The predicted octanol–water partition coefficient (Wildman–Crippen LogP) is 4.85. The molecule has 4 rings (SSSR count). The van der Waals surface area contributed by atoms with E-state index in [0.29, 0.717) is 17.8 Å². The Morgan fingerprint density at radius 2 is 2.04 bits per heavy atom. The summed E-state index contributed by atoms with van der Waals surface area (Å²) < 4.78 is 7.86. The largest absolute Gasteiger partial charge is 0.370 e. The fourth-order valence-electron chi connectivity index (χ4n) is 3.34. The van der Waals surface area contributed by atoms with E-state index < -0.39 is 0 Å². The van der Waals surface area contributed by atoms with Crippen LogP contribution in [0.25, 0.3) is 16.2 Å². The van der Waals surface area contributed by atoms with Crippen LogP contribution in [0.15, 0.2) is 11.1 Å². The molecule has 0 radical (unpaired) electrons. The summed E-state index contributed by atoms with van der Waals surface area (Å²) in [5.74, 6) is 0.657. The predicted molar refractivity (Wildman–Crippen MR) is 108 cm³/mol. The van der Waals surface area contributed by atoms with Crippen LogP contribution in [0.3, 0.4) is 0 Å². The van der Waals surface area contributed by atoms with Gasteiger partial charge in [0.1, 0.15) is 9.86 Å². The maximum Gasteiger partial charge on any atom is 0.253 e. The van der Waals surface area contributed by atoms with E-state index in [1.54, 1.807) is 23.1 Å². The third-order valence-electron chi connectivity index (χ3n) is 4.43. The SMILES string of the molecule is Cc1cc(C)n(-c2nc(SC(C)C)c3c4c(sc3n2)COC(C)(C)C4)n1. The highest BCUT2D eigenvalue weighted by molar-refractivity contribution is 8.00. The summed E-state index contributed by atoms with van der Waals surface area (Å²) in [6, 6.07) is 2.05. The van der Waals surface area contributed by atoms with Crippen molar-refractivity contribution in [1.29, 1.82) is 0 Å². The molecular formula is C19H24N4OS2. The first-order valence-electron chi connectivity index (χ1n) is 8.90. The van der Waals surface area contributed by atoms with Gasteiger partial charge in [-0.25, -0.2) is 9.67 Å². The van der Waals surface area contributed by atoms with Crippen molar-refractivity contribution in [3.63, 3.8) is 0 Å². The second kappa shape index (κ2) is 6.32. The number of hydrogen-bond acceptors (Lipinski definition) is 6. The lowest BCUT2D eigenvalue weighted by atomic mass is 9.95. The third kappa shape index (κ3) is 3.17. The van der Waals surface area contributed by atoms with Crippen molar-refractivity contribution in [1.82, 2.24) is 19.7 Å². The molecule has 0 amide bonds. The highest BCUT2D eigenvalue weighted by Crippen LogP contribution is 2.42. The number of aromatic nitrogens is 4. The summed E-state index contributed by atoms with van der Waals surface area (Å²) in [5, 5.41) is 7.30. The van der Waals surface area contributed by atoms with E-state index in [2.05, 4.69) is 38.9 Å². The Morgan fingerprint density at radius 3 is 2.69 bits per heavy atom. The van der Waals surface area contributed by atoms with Crippen LogP contribution in [0.5, 0.6) is 0 Å². The van der Waals surface area contributed by atoms with Gasteiger partial charge in [0, 0.05) is 27.6 Å². The van der Waals surface area contributed by atoms with E-state index in [1.807, 2.05) is 18.5 Å². The van der Waals surface area contributed by atoms with Crippen molar-refractivity contribution in [2.24, 2.45) is 0 Å². The number of nitrogens with zero attached hydrogens (tertiary/aromatic N) is 4. The fourth-order valence-corrected chi connectivity index (χ4v) is 5.42. The van der Waals surface area contributed by atoms with Gasteiger partial charge >= 0.3 is 0 Å². The van der Waals surface area contributed by atoms with Crippen LogP contribution in [0.4, 0.5) is 0 Å². The standard InChI is InChI=1S/C19H24N4OS2/c1-10(2)25-16-15-13-8-19(5,6)24-9-14(13)26-17(15)21-18(20-16)23-12(4)7-11(3)22-23/h7,10H,8-9H2,1-6H3. The monoisotopic (exact) mass is 388 g/mol. The summed E-state index contributed by atoms with van der Waals surface area (Å²) >= 11 is 3.53. The van der Waals surface area contributed by atoms with Gasteiger partial charge in [0.05, 0.1) is 17.9 Å². The third-order valence-corrected chi connectivity index (χ3v) is 6.52. The molecule has 1 aliphatic heterocycles. The molecule has 0 unspecified atom stereocenters. The number of thiophene rings is 1. The molecule has 0 N–H and O–H groups in total. The molecule has 1 aliphatic rings. The summed E-state index contributed by atoms with van der Waals surface area (Å²) in [4.78, 5) is 12.1. The summed E-state index contributed by atoms with van der Waals surface area (Å²) in [6.45, 7) is 13.4. The Bertz CT molecular complexity index is 987. The molecule has 0 saturated carbocycles. The molecule has 0 fully saturated rings. The van der Waals surface area contributed by atoms with Gasteiger partial charge in [-0.2, -0.15) is 10.1 Å². The number of aryl methyl sites for hydroxylation is 2. The van der Waals surface area contributed by atoms with Crippen molar-refractivity contribution >= 4 is 33.3 Å². The van der Waals surface area contributed by atoms with E-state index in [0.717, 1.165) is 27.7 Å². The first-order chi connectivity index (χ1) is 12.2. The molecule has 0 atom stereocenters. The van der Waals surface area contributed by atoms with E-state index in [-0.39, 0.29) is 5.60 Å². The van der Waals surface area contributed by atoms with Gasteiger partial charge in [0.25, 0.3) is 5.95 Å². The van der Waals surface area contributed by atoms with E-state index >= 15 is 0 Å². The van der Waals surface area contributed by atoms with Gasteiger partial charge in [-0.15, -0.1) is 23.1 Å². The second-order valence-corrected chi connectivity index (χ2v) is 10.4. The van der Waals surface area contributed by atoms with Crippen molar-refractivity contribution in [3.8, 4) is 5.95 Å². The molecule has 26 heavy (non-hydrogen) atoms. The Kier molecular flexibility index (Phi) is 4.36. The lowest BCUT2D eigenvalue weighted by Gasteiger charge is -2.30. The maximum atomic E-state index is 6.02. The van der Waals surface area contributed by atoms with Crippen molar-refractivity contribution in [3.05, 3.63) is 27.9 Å². The van der Waals surface area contributed by atoms with Gasteiger partial charge in [-0.3, -0.25) is 0 Å². The second-order valence-electron chi connectivity index (χ2n) is 7.74. The highest BCUT2D eigenvalue weighted by atomic mass is 32.2. The maximum absolute atomic E-state index is 6.02. The van der Waals surface area contributed by atoms with E-state index in [1.165, 1.54) is 15.8 Å². The van der Waals surface area contributed by atoms with Crippen molar-refractivity contribution in [2.45, 2.75) is 70.4 Å². The van der Waals surface area contributed by atoms with Crippen LogP contribution < -0.4 is 0 Å². The lowest BCUT2D eigenvalue weighted by Crippen LogP contribution is -2.31. The molecule has 138 valence electrons. The van der Waals surface area contributed by atoms with Crippen LogP contribution in [0, 0.1) is 13.8 Å².